The average Bonchev–Trinajstić information content (AvgIpc) is 3.01. The summed E-state index contributed by atoms with van der Waals surface area (Å²) in [5.41, 5.74) is 0. The Morgan fingerprint density at radius 1 is 1.09 bits per heavy atom. The van der Waals surface area contributed by atoms with Gasteiger partial charge in [-0.3, -0.25) is 0 Å². The number of carbonyl (C=O) groups is 2. The standard InChI is InChI=1S/C15H22N4O4/c20-14(22-11-10-13-16-18-19-17-13)8-9-15(21)23-12-6-4-2-1-3-5-7-12/h8-9,12H,1-7,10-11H2,(H,16,17,18,19)/b9-8+. The molecule has 8 nitrogen and oxygen atoms in total. The van der Waals surface area contributed by atoms with E-state index in [-0.39, 0.29) is 12.7 Å². The van der Waals surface area contributed by atoms with Crippen LogP contribution >= 0.6 is 0 Å². The van der Waals surface area contributed by atoms with Gasteiger partial charge in [-0.15, -0.1) is 5.10 Å². The van der Waals surface area contributed by atoms with E-state index in [0.717, 1.165) is 37.8 Å². The average molecular weight is 322 g/mol. The highest BCUT2D eigenvalue weighted by molar-refractivity contribution is 5.91. The van der Waals surface area contributed by atoms with Crippen LogP contribution in [-0.2, 0) is 25.5 Å². The summed E-state index contributed by atoms with van der Waals surface area (Å²) in [6.07, 6.45) is 10.2. The predicted octanol–water partition coefficient (Wildman–Crippen LogP) is 1.50. The van der Waals surface area contributed by atoms with Crippen LogP contribution in [0.25, 0.3) is 0 Å². The molecule has 0 unspecified atom stereocenters. The van der Waals surface area contributed by atoms with Crippen molar-refractivity contribution in [2.45, 2.75) is 57.5 Å². The van der Waals surface area contributed by atoms with Gasteiger partial charge in [0.15, 0.2) is 5.82 Å². The Morgan fingerprint density at radius 3 is 2.48 bits per heavy atom. The molecule has 1 heterocycles. The number of rotatable bonds is 6. The van der Waals surface area contributed by atoms with Crippen LogP contribution in [0.4, 0.5) is 0 Å². The van der Waals surface area contributed by atoms with Gasteiger partial charge in [-0.2, -0.15) is 0 Å². The molecule has 1 aliphatic carbocycles. The number of aromatic amines is 1. The van der Waals surface area contributed by atoms with Crippen molar-refractivity contribution in [3.8, 4) is 0 Å². The summed E-state index contributed by atoms with van der Waals surface area (Å²) < 4.78 is 10.3. The summed E-state index contributed by atoms with van der Waals surface area (Å²) in [6, 6.07) is 0. The zero-order valence-electron chi connectivity index (χ0n) is 13.1. The lowest BCUT2D eigenvalue weighted by Gasteiger charge is -2.19. The van der Waals surface area contributed by atoms with E-state index in [0.29, 0.717) is 12.2 Å². The first kappa shape index (κ1) is 17.1. The molecule has 1 fully saturated rings. The fourth-order valence-corrected chi connectivity index (χ4v) is 2.46. The first-order valence-electron chi connectivity index (χ1n) is 8.02. The summed E-state index contributed by atoms with van der Waals surface area (Å²) in [5, 5.41) is 13.0. The van der Waals surface area contributed by atoms with Gasteiger partial charge in [0.05, 0.1) is 6.61 Å². The highest BCUT2D eigenvalue weighted by Gasteiger charge is 2.14. The smallest absolute Gasteiger partial charge is 0.331 e. The summed E-state index contributed by atoms with van der Waals surface area (Å²) in [7, 11) is 0. The van der Waals surface area contributed by atoms with Crippen LogP contribution in [0.3, 0.4) is 0 Å². The Kier molecular flexibility index (Phi) is 7.22. The molecule has 1 N–H and O–H groups in total. The van der Waals surface area contributed by atoms with Crippen molar-refractivity contribution in [2.24, 2.45) is 0 Å². The van der Waals surface area contributed by atoms with Crippen LogP contribution in [0.1, 0.15) is 50.8 Å². The molecule has 0 aromatic carbocycles. The molecule has 0 aliphatic heterocycles. The SMILES string of the molecule is O=C(/C=C/C(=O)OC1CCCCCCC1)OCCc1nnn[nH]1. The van der Waals surface area contributed by atoms with E-state index in [9.17, 15) is 9.59 Å². The third-order valence-corrected chi connectivity index (χ3v) is 3.66. The largest absolute Gasteiger partial charge is 0.462 e. The van der Waals surface area contributed by atoms with Gasteiger partial charge in [-0.25, -0.2) is 14.7 Å². The Labute approximate surface area is 134 Å². The Morgan fingerprint density at radius 2 is 1.78 bits per heavy atom. The second-order valence-corrected chi connectivity index (χ2v) is 5.50. The maximum Gasteiger partial charge on any atom is 0.331 e. The third kappa shape index (κ3) is 7.03. The molecule has 0 atom stereocenters. The van der Waals surface area contributed by atoms with Crippen LogP contribution in [-0.4, -0.2) is 45.3 Å². The lowest BCUT2D eigenvalue weighted by Crippen LogP contribution is -2.18. The number of H-pyrrole nitrogens is 1. The summed E-state index contributed by atoms with van der Waals surface area (Å²) >= 11 is 0. The first-order valence-corrected chi connectivity index (χ1v) is 8.02. The fraction of sp³-hybridized carbons (Fsp3) is 0.667. The molecule has 23 heavy (non-hydrogen) atoms. The zero-order valence-corrected chi connectivity index (χ0v) is 13.1. The van der Waals surface area contributed by atoms with Gasteiger partial charge in [0.25, 0.3) is 0 Å². The first-order chi connectivity index (χ1) is 11.2. The molecule has 2 rings (SSSR count). The van der Waals surface area contributed by atoms with E-state index in [1.165, 1.54) is 19.3 Å². The molecular weight excluding hydrogens is 300 g/mol. The van der Waals surface area contributed by atoms with E-state index < -0.39 is 11.9 Å². The second kappa shape index (κ2) is 9.70. The molecule has 8 heteroatoms. The topological polar surface area (TPSA) is 107 Å². The number of nitrogens with one attached hydrogen (secondary N) is 1. The number of nitrogens with zero attached hydrogens (tertiary/aromatic N) is 3. The predicted molar refractivity (Wildman–Crippen MR) is 80.2 cm³/mol. The summed E-state index contributed by atoms with van der Waals surface area (Å²) in [6.45, 7) is 0.137. The van der Waals surface area contributed by atoms with Crippen molar-refractivity contribution in [1.82, 2.24) is 20.6 Å². The minimum Gasteiger partial charge on any atom is -0.462 e. The summed E-state index contributed by atoms with van der Waals surface area (Å²) in [5.74, 6) is -0.551. The summed E-state index contributed by atoms with van der Waals surface area (Å²) in [4.78, 5) is 23.2. The van der Waals surface area contributed by atoms with Crippen LogP contribution < -0.4 is 0 Å². The van der Waals surface area contributed by atoms with Crippen molar-refractivity contribution >= 4 is 11.9 Å². The molecular formula is C15H22N4O4. The minimum absolute atomic E-state index is 0.0394. The van der Waals surface area contributed by atoms with Crippen LogP contribution in [0.15, 0.2) is 12.2 Å². The number of hydrogen-bond donors (Lipinski definition) is 1. The van der Waals surface area contributed by atoms with E-state index in [4.69, 9.17) is 9.47 Å². The van der Waals surface area contributed by atoms with Crippen LogP contribution in [0.2, 0.25) is 0 Å². The van der Waals surface area contributed by atoms with Crippen molar-refractivity contribution in [2.75, 3.05) is 6.61 Å². The molecule has 1 aromatic heterocycles. The third-order valence-electron chi connectivity index (χ3n) is 3.66. The van der Waals surface area contributed by atoms with Gasteiger partial charge in [-0.1, -0.05) is 19.3 Å². The molecule has 0 bridgehead atoms. The fourth-order valence-electron chi connectivity index (χ4n) is 2.46. The molecule has 1 aliphatic rings. The molecule has 0 radical (unpaired) electrons. The molecule has 0 saturated heterocycles. The van der Waals surface area contributed by atoms with Crippen LogP contribution in [0, 0.1) is 0 Å². The van der Waals surface area contributed by atoms with Gasteiger partial charge in [-0.05, 0) is 36.1 Å². The van der Waals surface area contributed by atoms with E-state index >= 15 is 0 Å². The maximum atomic E-state index is 11.7. The van der Waals surface area contributed by atoms with Gasteiger partial charge >= 0.3 is 11.9 Å². The number of carbonyl (C=O) groups excluding carboxylic acids is 2. The monoisotopic (exact) mass is 322 g/mol. The number of ether oxygens (including phenoxy) is 2. The maximum absolute atomic E-state index is 11.7. The molecule has 126 valence electrons. The van der Waals surface area contributed by atoms with E-state index in [1.807, 2.05) is 0 Å². The van der Waals surface area contributed by atoms with Crippen molar-refractivity contribution in [3.63, 3.8) is 0 Å². The lowest BCUT2D eigenvalue weighted by atomic mass is 9.99. The second-order valence-electron chi connectivity index (χ2n) is 5.50. The normalized spacial score (nSPS) is 16.7. The van der Waals surface area contributed by atoms with Crippen molar-refractivity contribution in [3.05, 3.63) is 18.0 Å². The quantitative estimate of drug-likeness (QED) is 0.624. The zero-order chi connectivity index (χ0) is 16.3. The Balaban J connectivity index is 1.64. The minimum atomic E-state index is -0.591. The van der Waals surface area contributed by atoms with Crippen LogP contribution in [0.5, 0.6) is 0 Å². The van der Waals surface area contributed by atoms with Crippen molar-refractivity contribution in [1.29, 1.82) is 0 Å². The Hall–Kier alpha value is -2.25. The van der Waals surface area contributed by atoms with E-state index in [2.05, 4.69) is 20.6 Å². The number of aromatic nitrogens is 4. The number of hydrogen-bond acceptors (Lipinski definition) is 7. The van der Waals surface area contributed by atoms with Gasteiger partial charge in [0, 0.05) is 18.6 Å². The van der Waals surface area contributed by atoms with Crippen molar-refractivity contribution < 1.29 is 19.1 Å². The molecule has 0 amide bonds. The number of esters is 2. The van der Waals surface area contributed by atoms with Gasteiger partial charge in [0.2, 0.25) is 0 Å². The van der Waals surface area contributed by atoms with Gasteiger partial charge < -0.3 is 9.47 Å². The lowest BCUT2D eigenvalue weighted by molar-refractivity contribution is -0.145. The highest BCUT2D eigenvalue weighted by Crippen LogP contribution is 2.19. The van der Waals surface area contributed by atoms with E-state index in [1.54, 1.807) is 0 Å². The molecule has 0 spiro atoms. The number of tetrazole rings is 1. The molecule has 1 aromatic rings. The highest BCUT2D eigenvalue weighted by atomic mass is 16.5. The molecule has 1 saturated carbocycles. The van der Waals surface area contributed by atoms with Gasteiger partial charge in [0.1, 0.15) is 6.10 Å². The Bertz CT molecular complexity index is 508.